The fraction of sp³-hybridized carbons (Fsp3) is 0.333. The van der Waals surface area contributed by atoms with Gasteiger partial charge in [-0.2, -0.15) is 5.10 Å². The predicted molar refractivity (Wildman–Crippen MR) is 156 cm³/mol. The topological polar surface area (TPSA) is 87.7 Å². The second-order valence-electron chi connectivity index (χ2n) is 10.5. The number of fused-ring (bicyclic) bond motifs is 1. The summed E-state index contributed by atoms with van der Waals surface area (Å²) in [7, 11) is 1.63. The quantitative estimate of drug-likeness (QED) is 0.198. The molecule has 40 heavy (non-hydrogen) atoms. The molecule has 1 amide bonds. The number of methoxy groups -OCH3 is 1. The van der Waals surface area contributed by atoms with Crippen LogP contribution in [0.2, 0.25) is 0 Å². The molecule has 0 bridgehead atoms. The van der Waals surface area contributed by atoms with Crippen LogP contribution in [0.3, 0.4) is 0 Å². The Morgan fingerprint density at radius 1 is 1.00 bits per heavy atom. The van der Waals surface area contributed by atoms with E-state index in [0.29, 0.717) is 41.6 Å². The van der Waals surface area contributed by atoms with E-state index in [-0.39, 0.29) is 11.7 Å². The van der Waals surface area contributed by atoms with Crippen LogP contribution in [-0.4, -0.2) is 39.8 Å². The van der Waals surface area contributed by atoms with Crippen LogP contribution in [0.4, 0.5) is 0 Å². The number of hydrogen-bond acceptors (Lipinski definition) is 5. The zero-order chi connectivity index (χ0) is 28.2. The van der Waals surface area contributed by atoms with E-state index in [4.69, 9.17) is 9.47 Å². The molecule has 2 heterocycles. The lowest BCUT2D eigenvalue weighted by atomic mass is 9.93. The monoisotopic (exact) mass is 539 g/mol. The predicted octanol–water partition coefficient (Wildman–Crippen LogP) is 7.11. The van der Waals surface area contributed by atoms with Gasteiger partial charge in [0, 0.05) is 17.7 Å². The Kier molecular flexibility index (Phi) is 8.10. The second kappa shape index (κ2) is 11.9. The normalized spacial score (nSPS) is 14.4. The first kappa shape index (κ1) is 27.3. The number of nitrogens with zero attached hydrogens (tertiary/aromatic N) is 2. The average Bonchev–Trinajstić information content (AvgIpc) is 3.47. The Morgan fingerprint density at radius 2 is 1.80 bits per heavy atom. The maximum Gasteiger partial charge on any atom is 0.273 e. The Morgan fingerprint density at radius 3 is 2.52 bits per heavy atom. The molecule has 5 rings (SSSR count). The molecule has 0 spiro atoms. The van der Waals surface area contributed by atoms with Gasteiger partial charge in [-0.3, -0.25) is 9.89 Å². The lowest BCUT2D eigenvalue weighted by molar-refractivity contribution is 0.0730. The van der Waals surface area contributed by atoms with Crippen molar-refractivity contribution in [3.8, 4) is 28.5 Å². The molecule has 1 aromatic heterocycles. The van der Waals surface area contributed by atoms with E-state index >= 15 is 0 Å². The molecular formula is C33H37N3O4. The highest BCUT2D eigenvalue weighted by atomic mass is 16.5. The summed E-state index contributed by atoms with van der Waals surface area (Å²) in [4.78, 5) is 15.7. The smallest absolute Gasteiger partial charge is 0.273 e. The van der Waals surface area contributed by atoms with Crippen LogP contribution in [0.5, 0.6) is 17.2 Å². The van der Waals surface area contributed by atoms with Crippen molar-refractivity contribution in [1.29, 1.82) is 0 Å². The van der Waals surface area contributed by atoms with Crippen molar-refractivity contribution >= 4 is 5.91 Å². The van der Waals surface area contributed by atoms with E-state index in [2.05, 4.69) is 17.1 Å². The number of H-pyrrole nitrogens is 1. The molecule has 7 nitrogen and oxygen atoms in total. The van der Waals surface area contributed by atoms with Crippen molar-refractivity contribution < 1.29 is 19.4 Å². The molecule has 1 aliphatic heterocycles. The standard InChI is InChI=1S/C33H37N3O4/c1-5-6-7-11-16-40-26-15-14-24(19-27(26)39-4)32-29-30(28-22(3)17-21(2)18-25(28)37)34-35-31(29)33(38)36(32)20-23-12-9-8-10-13-23/h8-10,12-15,17-19,32,37H,5-7,11,16,20H2,1-4H3,(H,34,35). The molecule has 0 aliphatic carbocycles. The van der Waals surface area contributed by atoms with Crippen LogP contribution in [0.25, 0.3) is 11.3 Å². The summed E-state index contributed by atoms with van der Waals surface area (Å²) in [5.74, 6) is 1.31. The number of ether oxygens (including phenoxy) is 2. The number of rotatable bonds is 11. The van der Waals surface area contributed by atoms with Gasteiger partial charge in [-0.15, -0.1) is 0 Å². The van der Waals surface area contributed by atoms with Gasteiger partial charge in [-0.25, -0.2) is 0 Å². The van der Waals surface area contributed by atoms with Crippen LogP contribution in [0.1, 0.15) is 77.0 Å². The molecule has 0 radical (unpaired) electrons. The third kappa shape index (κ3) is 5.28. The summed E-state index contributed by atoms with van der Waals surface area (Å²) in [6.07, 6.45) is 4.49. The van der Waals surface area contributed by atoms with Crippen molar-refractivity contribution in [2.24, 2.45) is 0 Å². The minimum absolute atomic E-state index is 0.137. The van der Waals surface area contributed by atoms with Crippen LogP contribution in [0.15, 0.2) is 60.7 Å². The molecule has 1 unspecified atom stereocenters. The fourth-order valence-electron chi connectivity index (χ4n) is 5.61. The fourth-order valence-corrected chi connectivity index (χ4v) is 5.61. The van der Waals surface area contributed by atoms with Gasteiger partial charge in [0.1, 0.15) is 17.1 Å². The number of nitrogens with one attached hydrogen (secondary N) is 1. The van der Waals surface area contributed by atoms with Crippen molar-refractivity contribution in [2.75, 3.05) is 13.7 Å². The minimum atomic E-state index is -0.441. The summed E-state index contributed by atoms with van der Waals surface area (Å²) >= 11 is 0. The minimum Gasteiger partial charge on any atom is -0.507 e. The Hall–Kier alpha value is -4.26. The highest BCUT2D eigenvalue weighted by Gasteiger charge is 2.43. The molecular weight excluding hydrogens is 502 g/mol. The summed E-state index contributed by atoms with van der Waals surface area (Å²) in [6.45, 7) is 7.13. The lowest BCUT2D eigenvalue weighted by Crippen LogP contribution is -2.29. The number of phenols is 1. The van der Waals surface area contributed by atoms with Gasteiger partial charge in [0.25, 0.3) is 5.91 Å². The molecule has 2 N–H and O–H groups in total. The van der Waals surface area contributed by atoms with E-state index < -0.39 is 6.04 Å². The number of unbranched alkanes of at least 4 members (excludes halogenated alkanes) is 3. The molecule has 4 aromatic rings. The van der Waals surface area contributed by atoms with Crippen LogP contribution in [-0.2, 0) is 6.54 Å². The summed E-state index contributed by atoms with van der Waals surface area (Å²) < 4.78 is 11.8. The number of aryl methyl sites for hydroxylation is 2. The van der Waals surface area contributed by atoms with Gasteiger partial charge in [-0.05, 0) is 60.7 Å². The third-order valence-electron chi connectivity index (χ3n) is 7.51. The van der Waals surface area contributed by atoms with Gasteiger partial charge >= 0.3 is 0 Å². The average molecular weight is 540 g/mol. The number of carbonyl (C=O) groups excluding carboxylic acids is 1. The van der Waals surface area contributed by atoms with E-state index in [1.54, 1.807) is 13.2 Å². The van der Waals surface area contributed by atoms with Crippen LogP contribution < -0.4 is 9.47 Å². The van der Waals surface area contributed by atoms with E-state index in [1.807, 2.05) is 73.3 Å². The zero-order valence-corrected chi connectivity index (χ0v) is 23.7. The molecule has 0 saturated heterocycles. The number of hydrogen-bond donors (Lipinski definition) is 2. The molecule has 1 aliphatic rings. The van der Waals surface area contributed by atoms with Crippen molar-refractivity contribution in [1.82, 2.24) is 15.1 Å². The molecule has 1 atom stereocenters. The van der Waals surface area contributed by atoms with Gasteiger partial charge in [0.15, 0.2) is 11.5 Å². The Bertz CT molecular complexity index is 1470. The van der Waals surface area contributed by atoms with Crippen LogP contribution in [0, 0.1) is 13.8 Å². The summed E-state index contributed by atoms with van der Waals surface area (Å²) in [5, 5.41) is 18.5. The van der Waals surface area contributed by atoms with Crippen LogP contribution >= 0.6 is 0 Å². The van der Waals surface area contributed by atoms with E-state index in [1.165, 1.54) is 12.8 Å². The summed E-state index contributed by atoms with van der Waals surface area (Å²) in [6, 6.07) is 19.1. The van der Waals surface area contributed by atoms with Crippen molar-refractivity contribution in [2.45, 2.75) is 59.0 Å². The summed E-state index contributed by atoms with van der Waals surface area (Å²) in [5.41, 5.74) is 6.14. The van der Waals surface area contributed by atoms with Gasteiger partial charge in [-0.1, -0.05) is 68.7 Å². The van der Waals surface area contributed by atoms with E-state index in [9.17, 15) is 9.90 Å². The first-order valence-electron chi connectivity index (χ1n) is 14.0. The third-order valence-corrected chi connectivity index (χ3v) is 7.51. The highest BCUT2D eigenvalue weighted by Crippen LogP contribution is 2.47. The lowest BCUT2D eigenvalue weighted by Gasteiger charge is -2.27. The number of benzene rings is 3. The highest BCUT2D eigenvalue weighted by molar-refractivity contribution is 6.00. The number of phenolic OH excluding ortho intramolecular Hbond substituents is 1. The molecule has 0 fully saturated rings. The number of aromatic amines is 1. The number of aromatic nitrogens is 2. The van der Waals surface area contributed by atoms with Crippen molar-refractivity contribution in [3.05, 3.63) is 94.2 Å². The number of aromatic hydroxyl groups is 1. The second-order valence-corrected chi connectivity index (χ2v) is 10.5. The molecule has 0 saturated carbocycles. The van der Waals surface area contributed by atoms with Gasteiger partial charge in [0.2, 0.25) is 0 Å². The maximum absolute atomic E-state index is 13.8. The largest absolute Gasteiger partial charge is 0.507 e. The van der Waals surface area contributed by atoms with Gasteiger partial charge < -0.3 is 19.5 Å². The Labute approximate surface area is 235 Å². The molecule has 3 aromatic carbocycles. The number of carbonyl (C=O) groups is 1. The molecule has 7 heteroatoms. The Balaban J connectivity index is 1.58. The van der Waals surface area contributed by atoms with Crippen molar-refractivity contribution in [3.63, 3.8) is 0 Å². The first-order chi connectivity index (χ1) is 19.4. The number of amides is 1. The molecule has 208 valence electrons. The zero-order valence-electron chi connectivity index (χ0n) is 23.7. The SMILES string of the molecule is CCCCCCOc1ccc(C2c3c(-c4c(C)cc(C)cc4O)n[nH]c3C(=O)N2Cc2ccccc2)cc1OC. The first-order valence-corrected chi connectivity index (χ1v) is 14.0. The van der Waals surface area contributed by atoms with Gasteiger partial charge in [0.05, 0.1) is 19.8 Å². The van der Waals surface area contributed by atoms with E-state index in [0.717, 1.165) is 40.7 Å². The maximum atomic E-state index is 13.8.